The van der Waals surface area contributed by atoms with Crippen LogP contribution in [0.4, 0.5) is 0 Å². The molecular formula is C29H29ClN4O4. The number of carbonyl (C=O) groups is 2. The van der Waals surface area contributed by atoms with Crippen molar-refractivity contribution in [3.63, 3.8) is 0 Å². The zero-order valence-electron chi connectivity index (χ0n) is 21.5. The van der Waals surface area contributed by atoms with Crippen molar-refractivity contribution in [3.05, 3.63) is 71.4 Å². The lowest BCUT2D eigenvalue weighted by atomic mass is 9.86. The SMILES string of the molecule is COc1cccc(-c2cc(-c3ccc(Cl)cc3)nc3cc(C(=O)N4CC(C(=O)O)CCC(C)(C)C4)nn23)c1. The van der Waals surface area contributed by atoms with Gasteiger partial charge in [-0.25, -0.2) is 9.50 Å². The van der Waals surface area contributed by atoms with E-state index in [1.807, 2.05) is 42.5 Å². The molecule has 1 aliphatic heterocycles. The molecule has 1 saturated heterocycles. The number of carbonyl (C=O) groups excluding carboxylic acids is 1. The first-order valence-corrected chi connectivity index (χ1v) is 12.8. The Kier molecular flexibility index (Phi) is 6.84. The van der Waals surface area contributed by atoms with Gasteiger partial charge in [0, 0.05) is 35.3 Å². The molecular weight excluding hydrogens is 504 g/mol. The third-order valence-corrected chi connectivity index (χ3v) is 7.27. The van der Waals surface area contributed by atoms with Crippen molar-refractivity contribution in [2.24, 2.45) is 11.3 Å². The van der Waals surface area contributed by atoms with E-state index in [0.717, 1.165) is 23.2 Å². The van der Waals surface area contributed by atoms with Gasteiger partial charge < -0.3 is 14.7 Å². The van der Waals surface area contributed by atoms with Gasteiger partial charge in [0.25, 0.3) is 5.91 Å². The third-order valence-electron chi connectivity index (χ3n) is 7.02. The normalized spacial score (nSPS) is 17.3. The maximum atomic E-state index is 13.7. The Balaban J connectivity index is 1.62. The number of rotatable bonds is 5. The lowest BCUT2D eigenvalue weighted by molar-refractivity contribution is -0.142. The summed E-state index contributed by atoms with van der Waals surface area (Å²) in [4.78, 5) is 32.0. The highest BCUT2D eigenvalue weighted by Gasteiger charge is 2.35. The van der Waals surface area contributed by atoms with Gasteiger partial charge >= 0.3 is 5.97 Å². The zero-order valence-corrected chi connectivity index (χ0v) is 22.3. The lowest BCUT2D eigenvalue weighted by Crippen LogP contribution is -2.40. The number of amides is 1. The van der Waals surface area contributed by atoms with Crippen LogP contribution in [0.15, 0.2) is 60.7 Å². The van der Waals surface area contributed by atoms with E-state index in [0.29, 0.717) is 35.1 Å². The van der Waals surface area contributed by atoms with Crippen LogP contribution in [0.2, 0.25) is 5.02 Å². The molecule has 196 valence electrons. The number of benzene rings is 2. The topological polar surface area (TPSA) is 97.0 Å². The van der Waals surface area contributed by atoms with E-state index in [-0.39, 0.29) is 23.6 Å². The fourth-order valence-electron chi connectivity index (χ4n) is 4.94. The maximum Gasteiger partial charge on any atom is 0.308 e. The molecule has 0 spiro atoms. The summed E-state index contributed by atoms with van der Waals surface area (Å²) in [5.41, 5.74) is 3.67. The van der Waals surface area contributed by atoms with Crippen LogP contribution in [0.3, 0.4) is 0 Å². The van der Waals surface area contributed by atoms with Crippen LogP contribution in [0.5, 0.6) is 5.75 Å². The molecule has 1 unspecified atom stereocenters. The van der Waals surface area contributed by atoms with Crippen LogP contribution in [0.1, 0.15) is 37.2 Å². The van der Waals surface area contributed by atoms with E-state index in [1.165, 1.54) is 0 Å². The molecule has 0 saturated carbocycles. The van der Waals surface area contributed by atoms with Crippen molar-refractivity contribution in [3.8, 4) is 28.3 Å². The Labute approximate surface area is 225 Å². The number of hydrogen-bond donors (Lipinski definition) is 1. The number of ether oxygens (including phenoxy) is 1. The number of carboxylic acid groups (broad SMARTS) is 1. The van der Waals surface area contributed by atoms with Gasteiger partial charge in [-0.05, 0) is 48.6 Å². The van der Waals surface area contributed by atoms with E-state index in [9.17, 15) is 14.7 Å². The molecule has 4 aromatic rings. The molecule has 5 rings (SSSR count). The summed E-state index contributed by atoms with van der Waals surface area (Å²) in [5.74, 6) is -1.11. The predicted octanol–water partition coefficient (Wildman–Crippen LogP) is 5.69. The first kappa shape index (κ1) is 25.7. The predicted molar refractivity (Wildman–Crippen MR) is 145 cm³/mol. The number of carboxylic acids is 1. The van der Waals surface area contributed by atoms with Crippen molar-refractivity contribution in [2.45, 2.75) is 26.7 Å². The van der Waals surface area contributed by atoms with Crippen LogP contribution in [-0.4, -0.2) is 56.7 Å². The molecule has 8 nitrogen and oxygen atoms in total. The number of aliphatic carboxylic acids is 1. The van der Waals surface area contributed by atoms with Crippen molar-refractivity contribution in [1.82, 2.24) is 19.5 Å². The number of nitrogens with zero attached hydrogens (tertiary/aromatic N) is 4. The van der Waals surface area contributed by atoms with Gasteiger partial charge in [-0.15, -0.1) is 0 Å². The average Bonchev–Trinajstić information content (AvgIpc) is 3.26. The van der Waals surface area contributed by atoms with E-state index < -0.39 is 11.9 Å². The first-order valence-electron chi connectivity index (χ1n) is 12.5. The summed E-state index contributed by atoms with van der Waals surface area (Å²) in [7, 11) is 1.61. The van der Waals surface area contributed by atoms with E-state index in [2.05, 4.69) is 18.9 Å². The second-order valence-corrected chi connectivity index (χ2v) is 10.9. The number of methoxy groups -OCH3 is 1. The maximum absolute atomic E-state index is 13.7. The Bertz CT molecular complexity index is 1510. The van der Waals surface area contributed by atoms with Crippen LogP contribution in [0.25, 0.3) is 28.2 Å². The molecule has 2 aromatic heterocycles. The van der Waals surface area contributed by atoms with Gasteiger partial charge in [0.1, 0.15) is 5.75 Å². The van der Waals surface area contributed by atoms with Gasteiger partial charge in [0.2, 0.25) is 0 Å². The zero-order chi connectivity index (χ0) is 27.0. The summed E-state index contributed by atoms with van der Waals surface area (Å²) >= 11 is 6.10. The highest BCUT2D eigenvalue weighted by atomic mass is 35.5. The van der Waals surface area contributed by atoms with Crippen molar-refractivity contribution in [2.75, 3.05) is 20.2 Å². The summed E-state index contributed by atoms with van der Waals surface area (Å²) in [6.45, 7) is 4.72. The van der Waals surface area contributed by atoms with Gasteiger partial charge in [0.05, 0.1) is 24.4 Å². The second-order valence-electron chi connectivity index (χ2n) is 10.5. The van der Waals surface area contributed by atoms with Gasteiger partial charge in [-0.1, -0.05) is 49.7 Å². The Morgan fingerprint density at radius 2 is 1.84 bits per heavy atom. The standard InChI is InChI=1S/C29H29ClN4O4/c1-29(2)12-11-20(28(36)37)16-33(17-29)27(35)24-15-26-31-23(18-7-9-21(30)10-8-18)14-25(34(26)32-24)19-5-4-6-22(13-19)38-3/h4-10,13-15,20H,11-12,16-17H2,1-3H3,(H,36,37). The molecule has 1 fully saturated rings. The number of fused-ring (bicyclic) bond motifs is 1. The summed E-state index contributed by atoms with van der Waals surface area (Å²) in [5, 5.41) is 15.0. The molecule has 0 aliphatic carbocycles. The molecule has 1 N–H and O–H groups in total. The number of aromatic nitrogens is 3. The molecule has 38 heavy (non-hydrogen) atoms. The molecule has 1 atom stereocenters. The van der Waals surface area contributed by atoms with Crippen molar-refractivity contribution < 1.29 is 19.4 Å². The fraction of sp³-hybridized carbons (Fsp3) is 0.310. The van der Waals surface area contributed by atoms with Crippen LogP contribution >= 0.6 is 11.6 Å². The Morgan fingerprint density at radius 1 is 1.08 bits per heavy atom. The summed E-state index contributed by atoms with van der Waals surface area (Å²) in [6, 6.07) is 18.6. The van der Waals surface area contributed by atoms with Gasteiger partial charge in [0.15, 0.2) is 11.3 Å². The van der Waals surface area contributed by atoms with E-state index >= 15 is 0 Å². The number of halogens is 1. The smallest absolute Gasteiger partial charge is 0.308 e. The molecule has 2 aromatic carbocycles. The first-order chi connectivity index (χ1) is 18.1. The fourth-order valence-corrected chi connectivity index (χ4v) is 5.06. The monoisotopic (exact) mass is 532 g/mol. The Hall–Kier alpha value is -3.91. The highest BCUT2D eigenvalue weighted by molar-refractivity contribution is 6.30. The van der Waals surface area contributed by atoms with Gasteiger partial charge in [-0.3, -0.25) is 9.59 Å². The summed E-state index contributed by atoms with van der Waals surface area (Å²) < 4.78 is 7.08. The Morgan fingerprint density at radius 3 is 2.55 bits per heavy atom. The minimum atomic E-state index is -0.884. The average molecular weight is 533 g/mol. The van der Waals surface area contributed by atoms with Crippen LogP contribution in [0, 0.1) is 11.3 Å². The quantitative estimate of drug-likeness (QED) is 0.355. The van der Waals surface area contributed by atoms with E-state index in [1.54, 1.807) is 34.7 Å². The van der Waals surface area contributed by atoms with E-state index in [4.69, 9.17) is 21.3 Å². The minimum absolute atomic E-state index is 0.150. The molecule has 0 bridgehead atoms. The van der Waals surface area contributed by atoms with Gasteiger partial charge in [-0.2, -0.15) is 5.10 Å². The van der Waals surface area contributed by atoms with Crippen LogP contribution < -0.4 is 4.74 Å². The molecule has 1 aliphatic rings. The molecule has 3 heterocycles. The van der Waals surface area contributed by atoms with Crippen LogP contribution in [-0.2, 0) is 4.79 Å². The minimum Gasteiger partial charge on any atom is -0.497 e. The molecule has 1 amide bonds. The highest BCUT2D eigenvalue weighted by Crippen LogP contribution is 2.33. The second kappa shape index (κ2) is 10.1. The molecule has 9 heteroatoms. The molecule has 0 radical (unpaired) electrons. The van der Waals surface area contributed by atoms with Crippen molar-refractivity contribution in [1.29, 1.82) is 0 Å². The largest absolute Gasteiger partial charge is 0.497 e. The number of hydrogen-bond acceptors (Lipinski definition) is 5. The third kappa shape index (κ3) is 5.22. The van der Waals surface area contributed by atoms with Crippen molar-refractivity contribution >= 4 is 29.1 Å². The lowest BCUT2D eigenvalue weighted by Gasteiger charge is -2.29. The number of likely N-dealkylation sites (tertiary alicyclic amines) is 1. The summed E-state index contributed by atoms with van der Waals surface area (Å²) in [6.07, 6.45) is 1.26.